The molecule has 0 spiro atoms. The second-order valence-electron chi connectivity index (χ2n) is 5.36. The van der Waals surface area contributed by atoms with E-state index in [0.717, 1.165) is 28.8 Å². The Bertz CT molecular complexity index is 672. The summed E-state index contributed by atoms with van der Waals surface area (Å²) in [6.45, 7) is 0. The van der Waals surface area contributed by atoms with Gasteiger partial charge in [-0.1, -0.05) is 35.3 Å². The van der Waals surface area contributed by atoms with Gasteiger partial charge in [-0.25, -0.2) is 0 Å². The number of nitrogen functional groups attached to an aromatic ring is 1. The van der Waals surface area contributed by atoms with Gasteiger partial charge in [0.2, 0.25) is 0 Å². The molecule has 0 fully saturated rings. The van der Waals surface area contributed by atoms with Crippen molar-refractivity contribution < 1.29 is 5.11 Å². The van der Waals surface area contributed by atoms with Crippen LogP contribution in [0.4, 0.5) is 5.69 Å². The normalized spacial score (nSPS) is 20.9. The van der Waals surface area contributed by atoms with Crippen molar-refractivity contribution in [3.63, 3.8) is 0 Å². The summed E-state index contributed by atoms with van der Waals surface area (Å²) in [4.78, 5) is 0. The molecular weight excluding hydrogens is 293 g/mol. The number of anilines is 1. The minimum absolute atomic E-state index is 0.486. The highest BCUT2D eigenvalue weighted by molar-refractivity contribution is 6.35. The zero-order valence-corrected chi connectivity index (χ0v) is 12.4. The summed E-state index contributed by atoms with van der Waals surface area (Å²) in [7, 11) is 0. The summed E-state index contributed by atoms with van der Waals surface area (Å²) in [5, 5.41) is 12.1. The van der Waals surface area contributed by atoms with Crippen molar-refractivity contribution in [2.45, 2.75) is 24.9 Å². The van der Waals surface area contributed by atoms with Gasteiger partial charge in [0, 0.05) is 22.2 Å². The molecule has 1 unspecified atom stereocenters. The minimum atomic E-state index is -0.875. The Kier molecular flexibility index (Phi) is 3.41. The van der Waals surface area contributed by atoms with Crippen molar-refractivity contribution in [1.29, 1.82) is 0 Å². The van der Waals surface area contributed by atoms with Crippen LogP contribution in [-0.4, -0.2) is 5.11 Å². The summed E-state index contributed by atoms with van der Waals surface area (Å²) in [5.74, 6) is 0. The number of hydrogen-bond acceptors (Lipinski definition) is 2. The van der Waals surface area contributed by atoms with E-state index < -0.39 is 5.60 Å². The molecule has 3 rings (SSSR count). The fraction of sp³-hybridized carbons (Fsp3) is 0.250. The summed E-state index contributed by atoms with van der Waals surface area (Å²) in [6, 6.07) is 11.1. The lowest BCUT2D eigenvalue weighted by atomic mass is 9.88. The molecule has 0 radical (unpaired) electrons. The molecule has 0 saturated heterocycles. The average Bonchev–Trinajstić information content (AvgIpc) is 2.70. The summed E-state index contributed by atoms with van der Waals surface area (Å²) >= 11 is 12.1. The molecule has 2 aromatic rings. The van der Waals surface area contributed by atoms with Gasteiger partial charge in [-0.05, 0) is 53.8 Å². The van der Waals surface area contributed by atoms with Gasteiger partial charge in [0.1, 0.15) is 0 Å². The van der Waals surface area contributed by atoms with Crippen LogP contribution in [0.1, 0.15) is 23.1 Å². The van der Waals surface area contributed by atoms with Gasteiger partial charge < -0.3 is 10.8 Å². The molecule has 0 amide bonds. The van der Waals surface area contributed by atoms with Crippen LogP contribution in [0.5, 0.6) is 0 Å². The van der Waals surface area contributed by atoms with E-state index in [1.165, 1.54) is 0 Å². The zero-order chi connectivity index (χ0) is 14.3. The maximum absolute atomic E-state index is 10.9. The zero-order valence-electron chi connectivity index (χ0n) is 10.9. The number of hydrogen-bond donors (Lipinski definition) is 2. The highest BCUT2D eigenvalue weighted by Crippen LogP contribution is 2.41. The first-order valence-electron chi connectivity index (χ1n) is 6.53. The van der Waals surface area contributed by atoms with Crippen LogP contribution in [0.25, 0.3) is 0 Å². The summed E-state index contributed by atoms with van der Waals surface area (Å²) in [5.41, 5.74) is 8.64. The minimum Gasteiger partial charge on any atom is -0.399 e. The lowest BCUT2D eigenvalue weighted by Crippen LogP contribution is -2.25. The topological polar surface area (TPSA) is 46.2 Å². The van der Waals surface area contributed by atoms with E-state index in [4.69, 9.17) is 28.9 Å². The first kappa shape index (κ1) is 13.7. The van der Waals surface area contributed by atoms with Gasteiger partial charge in [0.05, 0.1) is 5.60 Å². The van der Waals surface area contributed by atoms with Gasteiger partial charge in [0.15, 0.2) is 0 Å². The molecule has 2 aromatic carbocycles. The molecule has 0 saturated carbocycles. The van der Waals surface area contributed by atoms with Crippen LogP contribution in [-0.2, 0) is 18.4 Å². The van der Waals surface area contributed by atoms with Crippen molar-refractivity contribution in [1.82, 2.24) is 0 Å². The Morgan fingerprint density at radius 1 is 1.15 bits per heavy atom. The molecule has 1 atom stereocenters. The molecule has 0 aromatic heterocycles. The lowest BCUT2D eigenvalue weighted by molar-refractivity contribution is 0.0390. The molecule has 104 valence electrons. The molecule has 4 heteroatoms. The lowest BCUT2D eigenvalue weighted by Gasteiger charge is -2.25. The van der Waals surface area contributed by atoms with Crippen LogP contribution in [0.3, 0.4) is 0 Å². The van der Waals surface area contributed by atoms with Crippen molar-refractivity contribution >= 4 is 28.9 Å². The molecular formula is C16H15Cl2NO. The molecule has 0 bridgehead atoms. The summed E-state index contributed by atoms with van der Waals surface area (Å²) in [6.07, 6.45) is 2.01. The van der Waals surface area contributed by atoms with E-state index in [0.29, 0.717) is 22.9 Å². The fourth-order valence-corrected chi connectivity index (χ4v) is 3.39. The Morgan fingerprint density at radius 3 is 2.70 bits per heavy atom. The standard InChI is InChI=1S/C16H15Cl2NO/c17-12-2-1-11(15(18)8-12)9-16(20)6-5-10-7-13(19)3-4-14(10)16/h1-4,7-8,20H,5-6,9,19H2. The third kappa shape index (κ3) is 2.39. The SMILES string of the molecule is Nc1ccc2c(c1)CCC2(O)Cc1ccc(Cl)cc1Cl. The average molecular weight is 308 g/mol. The van der Waals surface area contributed by atoms with Crippen molar-refractivity contribution in [3.05, 3.63) is 63.1 Å². The van der Waals surface area contributed by atoms with Gasteiger partial charge in [-0.3, -0.25) is 0 Å². The van der Waals surface area contributed by atoms with Crippen molar-refractivity contribution in [2.24, 2.45) is 0 Å². The number of rotatable bonds is 2. The molecule has 1 aliphatic carbocycles. The predicted octanol–water partition coefficient (Wildman–Crippen LogP) is 3.95. The Balaban J connectivity index is 1.96. The first-order chi connectivity index (χ1) is 9.48. The van der Waals surface area contributed by atoms with Crippen molar-refractivity contribution in [3.8, 4) is 0 Å². The maximum Gasteiger partial charge on any atom is 0.0943 e. The van der Waals surface area contributed by atoms with Gasteiger partial charge in [-0.15, -0.1) is 0 Å². The number of aryl methyl sites for hydroxylation is 1. The number of nitrogens with two attached hydrogens (primary N) is 1. The van der Waals surface area contributed by atoms with Crippen LogP contribution in [0.2, 0.25) is 10.0 Å². The van der Waals surface area contributed by atoms with E-state index in [1.807, 2.05) is 24.3 Å². The number of benzene rings is 2. The van der Waals surface area contributed by atoms with E-state index >= 15 is 0 Å². The van der Waals surface area contributed by atoms with Crippen LogP contribution in [0.15, 0.2) is 36.4 Å². The number of aliphatic hydroxyl groups is 1. The largest absolute Gasteiger partial charge is 0.399 e. The van der Waals surface area contributed by atoms with E-state index in [-0.39, 0.29) is 0 Å². The third-order valence-corrected chi connectivity index (χ3v) is 4.52. The van der Waals surface area contributed by atoms with Crippen LogP contribution < -0.4 is 5.73 Å². The summed E-state index contributed by atoms with van der Waals surface area (Å²) < 4.78 is 0. The Hall–Kier alpha value is -1.22. The highest BCUT2D eigenvalue weighted by Gasteiger charge is 2.37. The maximum atomic E-state index is 10.9. The predicted molar refractivity (Wildman–Crippen MR) is 83.2 cm³/mol. The van der Waals surface area contributed by atoms with Gasteiger partial charge >= 0.3 is 0 Å². The molecule has 20 heavy (non-hydrogen) atoms. The third-order valence-electron chi connectivity index (χ3n) is 3.94. The quantitative estimate of drug-likeness (QED) is 0.825. The molecule has 1 aliphatic rings. The molecule has 3 N–H and O–H groups in total. The molecule has 2 nitrogen and oxygen atoms in total. The number of fused-ring (bicyclic) bond motifs is 1. The molecule has 0 heterocycles. The highest BCUT2D eigenvalue weighted by atomic mass is 35.5. The monoisotopic (exact) mass is 307 g/mol. The smallest absolute Gasteiger partial charge is 0.0943 e. The second-order valence-corrected chi connectivity index (χ2v) is 6.20. The van der Waals surface area contributed by atoms with Gasteiger partial charge in [0.25, 0.3) is 0 Å². The second kappa shape index (κ2) is 4.96. The Labute approximate surface area is 128 Å². The van der Waals surface area contributed by atoms with Crippen molar-refractivity contribution in [2.75, 3.05) is 5.73 Å². The van der Waals surface area contributed by atoms with Crippen LogP contribution in [0, 0.1) is 0 Å². The molecule has 0 aliphatic heterocycles. The van der Waals surface area contributed by atoms with Crippen LogP contribution >= 0.6 is 23.2 Å². The van der Waals surface area contributed by atoms with E-state index in [2.05, 4.69) is 0 Å². The first-order valence-corrected chi connectivity index (χ1v) is 7.29. The van der Waals surface area contributed by atoms with E-state index in [9.17, 15) is 5.11 Å². The van der Waals surface area contributed by atoms with E-state index in [1.54, 1.807) is 12.1 Å². The fourth-order valence-electron chi connectivity index (χ4n) is 2.91. The van der Waals surface area contributed by atoms with Gasteiger partial charge in [-0.2, -0.15) is 0 Å². The Morgan fingerprint density at radius 2 is 1.95 bits per heavy atom. The number of halogens is 2.